The molecule has 1 aliphatic carbocycles. The number of allylic oxidation sites excluding steroid dienone is 2. The summed E-state index contributed by atoms with van der Waals surface area (Å²) >= 11 is 11.7. The van der Waals surface area contributed by atoms with E-state index in [4.69, 9.17) is 37.4 Å². The van der Waals surface area contributed by atoms with Crippen LogP contribution < -0.4 is 9.64 Å². The number of Topliss-reactive ketones (excluding diaryl/α,β-unsaturated/α-hetero) is 2. The molecule has 0 saturated carbocycles. The van der Waals surface area contributed by atoms with Gasteiger partial charge in [-0.1, -0.05) is 13.8 Å². The van der Waals surface area contributed by atoms with Crippen molar-refractivity contribution >= 4 is 46.4 Å². The van der Waals surface area contributed by atoms with Gasteiger partial charge in [0.2, 0.25) is 23.1 Å². The monoisotopic (exact) mass is 497 g/mol. The third-order valence-corrected chi connectivity index (χ3v) is 5.71. The fourth-order valence-corrected chi connectivity index (χ4v) is 4.28. The minimum atomic E-state index is -0.978. The van der Waals surface area contributed by atoms with Crippen LogP contribution in [0.5, 0.6) is 5.75 Å². The van der Waals surface area contributed by atoms with Crippen molar-refractivity contribution in [2.24, 2.45) is 5.41 Å². The highest BCUT2D eigenvalue weighted by Gasteiger charge is 2.42. The predicted molar refractivity (Wildman–Crippen MR) is 128 cm³/mol. The van der Waals surface area contributed by atoms with Crippen molar-refractivity contribution in [2.75, 3.05) is 44.0 Å². The van der Waals surface area contributed by atoms with E-state index in [1.165, 1.54) is 14.2 Å². The van der Waals surface area contributed by atoms with E-state index in [0.29, 0.717) is 30.6 Å². The van der Waals surface area contributed by atoms with Gasteiger partial charge in [0.1, 0.15) is 5.75 Å². The van der Waals surface area contributed by atoms with Crippen LogP contribution in [0.3, 0.4) is 0 Å². The van der Waals surface area contributed by atoms with E-state index in [1.807, 2.05) is 17.0 Å². The highest BCUT2D eigenvalue weighted by Crippen LogP contribution is 2.39. The number of halogens is 2. The van der Waals surface area contributed by atoms with Gasteiger partial charge in [0.25, 0.3) is 0 Å². The molecule has 0 saturated heterocycles. The van der Waals surface area contributed by atoms with Crippen molar-refractivity contribution in [3.8, 4) is 5.75 Å². The highest BCUT2D eigenvalue weighted by atomic mass is 35.5. The second kappa shape index (κ2) is 11.6. The van der Waals surface area contributed by atoms with Crippen LogP contribution in [0.15, 0.2) is 46.9 Å². The van der Waals surface area contributed by atoms with E-state index in [2.05, 4.69) is 0 Å². The zero-order chi connectivity index (χ0) is 24.8. The molecule has 0 spiro atoms. The first-order chi connectivity index (χ1) is 15.6. The molecule has 1 aliphatic rings. The first-order valence-electron chi connectivity index (χ1n) is 10.4. The standard InChI is InChI=1S/C24H29Cl2NO6/c1-15-19(21(30)23(32-5)22(31-4)20(15)29)24(2,3)14-18(28)33-17-8-6-16(7-9-17)27(12-10-25)13-11-26/h6-9H,10-14H2,1-5H3. The Morgan fingerprint density at radius 2 is 1.45 bits per heavy atom. The predicted octanol–water partition coefficient (Wildman–Crippen LogP) is 4.27. The normalized spacial score (nSPS) is 14.5. The highest BCUT2D eigenvalue weighted by molar-refractivity contribution is 6.24. The van der Waals surface area contributed by atoms with Crippen LogP contribution in [0.2, 0.25) is 0 Å². The second-order valence-corrected chi connectivity index (χ2v) is 8.87. The van der Waals surface area contributed by atoms with Crippen LogP contribution in [-0.4, -0.2) is 56.6 Å². The number of carbonyl (C=O) groups excluding carboxylic acids is 3. The summed E-state index contributed by atoms with van der Waals surface area (Å²) in [7, 11) is 2.60. The number of alkyl halides is 2. The number of methoxy groups -OCH3 is 2. The molecule has 0 atom stereocenters. The van der Waals surface area contributed by atoms with Gasteiger partial charge >= 0.3 is 5.97 Å². The number of ketones is 2. The summed E-state index contributed by atoms with van der Waals surface area (Å²) < 4.78 is 15.7. The lowest BCUT2D eigenvalue weighted by atomic mass is 9.73. The van der Waals surface area contributed by atoms with E-state index in [1.54, 1.807) is 32.9 Å². The van der Waals surface area contributed by atoms with Crippen molar-refractivity contribution < 1.29 is 28.6 Å². The fraction of sp³-hybridized carbons (Fsp3) is 0.458. The first-order valence-corrected chi connectivity index (χ1v) is 11.5. The van der Waals surface area contributed by atoms with Gasteiger partial charge in [-0.25, -0.2) is 0 Å². The molecular formula is C24H29Cl2NO6. The largest absolute Gasteiger partial charge is 0.489 e. The average Bonchev–Trinajstić information content (AvgIpc) is 2.75. The van der Waals surface area contributed by atoms with Crippen LogP contribution in [-0.2, 0) is 23.9 Å². The maximum atomic E-state index is 13.0. The number of carbonyl (C=O) groups is 3. The molecular weight excluding hydrogens is 469 g/mol. The zero-order valence-electron chi connectivity index (χ0n) is 19.5. The van der Waals surface area contributed by atoms with E-state index in [-0.39, 0.29) is 29.1 Å². The molecule has 0 aliphatic heterocycles. The van der Waals surface area contributed by atoms with E-state index < -0.39 is 23.0 Å². The van der Waals surface area contributed by atoms with Crippen molar-refractivity contribution in [3.05, 3.63) is 46.9 Å². The Hall–Kier alpha value is -2.51. The number of ether oxygens (including phenoxy) is 3. The summed E-state index contributed by atoms with van der Waals surface area (Å²) in [6.07, 6.45) is -0.121. The SMILES string of the molecule is COC1=C(OC)C(=O)C(C(C)(C)CC(=O)Oc2ccc(N(CCCl)CCCl)cc2)=C(C)C1=O. The lowest BCUT2D eigenvalue weighted by molar-refractivity contribution is -0.136. The van der Waals surface area contributed by atoms with Crippen LogP contribution in [0.4, 0.5) is 5.69 Å². The number of rotatable bonds is 11. The van der Waals surface area contributed by atoms with Crippen molar-refractivity contribution in [1.82, 2.24) is 0 Å². The minimum absolute atomic E-state index is 0.121. The first kappa shape index (κ1) is 26.7. The van der Waals surface area contributed by atoms with Crippen molar-refractivity contribution in [1.29, 1.82) is 0 Å². The third-order valence-electron chi connectivity index (χ3n) is 5.38. The molecule has 7 nitrogen and oxygen atoms in total. The summed E-state index contributed by atoms with van der Waals surface area (Å²) in [6, 6.07) is 7.02. The number of nitrogens with zero attached hydrogens (tertiary/aromatic N) is 1. The van der Waals surface area contributed by atoms with Gasteiger partial charge in [0, 0.05) is 47.1 Å². The number of benzene rings is 1. The number of anilines is 1. The maximum absolute atomic E-state index is 13.0. The molecule has 180 valence electrons. The van der Waals surface area contributed by atoms with E-state index in [0.717, 1.165) is 5.69 Å². The van der Waals surface area contributed by atoms with Gasteiger partial charge in [0.15, 0.2) is 0 Å². The third kappa shape index (κ3) is 6.09. The Kier molecular flexibility index (Phi) is 9.37. The van der Waals surface area contributed by atoms with Crippen LogP contribution in [0.25, 0.3) is 0 Å². The molecule has 0 amide bonds. The van der Waals surface area contributed by atoms with Gasteiger partial charge in [-0.15, -0.1) is 23.2 Å². The van der Waals surface area contributed by atoms with Crippen molar-refractivity contribution in [3.63, 3.8) is 0 Å². The Morgan fingerprint density at radius 3 is 1.94 bits per heavy atom. The Morgan fingerprint density at radius 1 is 0.939 bits per heavy atom. The molecule has 1 aromatic rings. The molecule has 0 aromatic heterocycles. The maximum Gasteiger partial charge on any atom is 0.312 e. The number of hydrogen-bond donors (Lipinski definition) is 0. The molecule has 0 radical (unpaired) electrons. The molecule has 33 heavy (non-hydrogen) atoms. The lowest BCUT2D eigenvalue weighted by Gasteiger charge is -2.31. The molecule has 0 fully saturated rings. The quantitative estimate of drug-likeness (QED) is 0.195. The topological polar surface area (TPSA) is 82.1 Å². The Labute approximate surface area is 204 Å². The molecule has 1 aromatic carbocycles. The van der Waals surface area contributed by atoms with E-state index in [9.17, 15) is 14.4 Å². The lowest BCUT2D eigenvalue weighted by Crippen LogP contribution is -2.34. The Bertz CT molecular complexity index is 960. The number of hydrogen-bond acceptors (Lipinski definition) is 7. The molecule has 9 heteroatoms. The van der Waals surface area contributed by atoms with E-state index >= 15 is 0 Å². The Balaban J connectivity index is 2.17. The van der Waals surface area contributed by atoms with Crippen LogP contribution >= 0.6 is 23.2 Å². The molecule has 0 N–H and O–H groups in total. The van der Waals surface area contributed by atoms with Crippen molar-refractivity contribution in [2.45, 2.75) is 27.2 Å². The van der Waals surface area contributed by atoms with Crippen LogP contribution in [0.1, 0.15) is 27.2 Å². The summed E-state index contributed by atoms with van der Waals surface area (Å²) in [6.45, 7) is 6.25. The smallest absolute Gasteiger partial charge is 0.312 e. The number of esters is 1. The van der Waals surface area contributed by atoms with Gasteiger partial charge in [-0.05, 0) is 31.2 Å². The minimum Gasteiger partial charge on any atom is -0.489 e. The summed E-state index contributed by atoms with van der Waals surface area (Å²) in [5, 5.41) is 0. The molecule has 0 unspecified atom stereocenters. The summed E-state index contributed by atoms with van der Waals surface area (Å²) in [4.78, 5) is 40.4. The van der Waals surface area contributed by atoms with Gasteiger partial charge in [-0.2, -0.15) is 0 Å². The summed E-state index contributed by atoms with van der Waals surface area (Å²) in [5.41, 5.74) is 0.360. The van der Waals surface area contributed by atoms with Gasteiger partial charge in [0.05, 0.1) is 20.6 Å². The van der Waals surface area contributed by atoms with Gasteiger partial charge < -0.3 is 19.1 Å². The molecule has 2 rings (SSSR count). The van der Waals surface area contributed by atoms with Crippen LogP contribution in [0, 0.1) is 5.41 Å². The summed E-state index contributed by atoms with van der Waals surface area (Å²) in [5.74, 6) is -0.472. The zero-order valence-corrected chi connectivity index (χ0v) is 21.0. The van der Waals surface area contributed by atoms with Gasteiger partial charge in [-0.3, -0.25) is 14.4 Å². The molecule has 0 heterocycles. The molecule has 0 bridgehead atoms. The second-order valence-electron chi connectivity index (χ2n) is 8.12. The fourth-order valence-electron chi connectivity index (χ4n) is 3.88. The average molecular weight is 498 g/mol.